The number of pyridine rings is 2. The van der Waals surface area contributed by atoms with E-state index in [4.69, 9.17) is 4.74 Å². The number of esters is 1. The van der Waals surface area contributed by atoms with E-state index in [0.29, 0.717) is 12.2 Å². The molecular formula is C19H16N2O2. The van der Waals surface area contributed by atoms with Crippen LogP contribution in [0.2, 0.25) is 0 Å². The van der Waals surface area contributed by atoms with Crippen molar-refractivity contribution >= 4 is 5.97 Å². The average molecular weight is 304 g/mol. The minimum atomic E-state index is -0.319. The number of aromatic nitrogens is 2. The summed E-state index contributed by atoms with van der Waals surface area (Å²) in [5, 5.41) is 0. The first-order valence-corrected chi connectivity index (χ1v) is 7.41. The molecule has 0 aliphatic carbocycles. The first-order valence-electron chi connectivity index (χ1n) is 7.41. The van der Waals surface area contributed by atoms with Crippen LogP contribution in [0.4, 0.5) is 0 Å². The summed E-state index contributed by atoms with van der Waals surface area (Å²) in [6.45, 7) is 2.15. The maximum atomic E-state index is 12.2. The molecule has 114 valence electrons. The Morgan fingerprint density at radius 1 is 0.870 bits per heavy atom. The van der Waals surface area contributed by atoms with E-state index in [1.165, 1.54) is 0 Å². The van der Waals surface area contributed by atoms with Crippen molar-refractivity contribution in [3.05, 3.63) is 72.8 Å². The SMILES string of the molecule is CCOC(=O)c1ccc(-c2ccncc2)cc1-c1ccncc1. The van der Waals surface area contributed by atoms with Crippen LogP contribution in [0.25, 0.3) is 22.3 Å². The summed E-state index contributed by atoms with van der Waals surface area (Å²) in [4.78, 5) is 20.3. The molecule has 3 aromatic rings. The molecule has 0 spiro atoms. The van der Waals surface area contributed by atoms with Crippen LogP contribution >= 0.6 is 0 Å². The molecule has 0 radical (unpaired) electrons. The molecular weight excluding hydrogens is 288 g/mol. The summed E-state index contributed by atoms with van der Waals surface area (Å²) < 4.78 is 5.17. The molecule has 0 unspecified atom stereocenters. The minimum Gasteiger partial charge on any atom is -0.462 e. The minimum absolute atomic E-state index is 0.319. The van der Waals surface area contributed by atoms with Gasteiger partial charge in [0.1, 0.15) is 0 Å². The zero-order valence-electron chi connectivity index (χ0n) is 12.8. The number of ether oxygens (including phenoxy) is 1. The van der Waals surface area contributed by atoms with Crippen molar-refractivity contribution in [3.63, 3.8) is 0 Å². The van der Waals surface area contributed by atoms with Gasteiger partial charge in [-0.25, -0.2) is 4.79 Å². The predicted molar refractivity (Wildman–Crippen MR) is 88.9 cm³/mol. The van der Waals surface area contributed by atoms with Crippen LogP contribution in [-0.4, -0.2) is 22.5 Å². The molecule has 2 aromatic heterocycles. The molecule has 3 rings (SSSR count). The summed E-state index contributed by atoms with van der Waals surface area (Å²) in [7, 11) is 0. The number of benzene rings is 1. The summed E-state index contributed by atoms with van der Waals surface area (Å²) in [5.41, 5.74) is 4.38. The Hall–Kier alpha value is -3.01. The fourth-order valence-electron chi connectivity index (χ4n) is 2.43. The zero-order chi connectivity index (χ0) is 16.1. The Labute approximate surface area is 134 Å². The number of hydrogen-bond donors (Lipinski definition) is 0. The Balaban J connectivity index is 2.13. The molecule has 0 bridgehead atoms. The molecule has 0 saturated heterocycles. The van der Waals surface area contributed by atoms with E-state index in [0.717, 1.165) is 22.3 Å². The van der Waals surface area contributed by atoms with Gasteiger partial charge in [-0.1, -0.05) is 6.07 Å². The third-order valence-electron chi connectivity index (χ3n) is 3.52. The van der Waals surface area contributed by atoms with Gasteiger partial charge < -0.3 is 4.74 Å². The van der Waals surface area contributed by atoms with Gasteiger partial charge in [-0.3, -0.25) is 9.97 Å². The Morgan fingerprint density at radius 3 is 2.09 bits per heavy atom. The maximum absolute atomic E-state index is 12.2. The van der Waals surface area contributed by atoms with E-state index < -0.39 is 0 Å². The van der Waals surface area contributed by atoms with Crippen LogP contribution in [0.15, 0.2) is 67.3 Å². The van der Waals surface area contributed by atoms with E-state index in [1.54, 1.807) is 31.7 Å². The highest BCUT2D eigenvalue weighted by atomic mass is 16.5. The molecule has 0 amide bonds. The molecule has 0 aliphatic heterocycles. The fraction of sp³-hybridized carbons (Fsp3) is 0.105. The predicted octanol–water partition coefficient (Wildman–Crippen LogP) is 3.99. The topological polar surface area (TPSA) is 52.1 Å². The Bertz CT molecular complexity index is 802. The van der Waals surface area contributed by atoms with Crippen molar-refractivity contribution in [3.8, 4) is 22.3 Å². The van der Waals surface area contributed by atoms with Gasteiger partial charge in [0.15, 0.2) is 0 Å². The van der Waals surface area contributed by atoms with Crippen molar-refractivity contribution in [2.45, 2.75) is 6.92 Å². The standard InChI is InChI=1S/C19H16N2O2/c1-2-23-19(22)17-4-3-16(14-5-9-20-10-6-14)13-18(17)15-7-11-21-12-8-15/h3-13H,2H2,1H3. The highest BCUT2D eigenvalue weighted by Crippen LogP contribution is 2.29. The number of rotatable bonds is 4. The van der Waals surface area contributed by atoms with E-state index in [-0.39, 0.29) is 5.97 Å². The molecule has 4 heteroatoms. The van der Waals surface area contributed by atoms with Crippen LogP contribution in [0.1, 0.15) is 17.3 Å². The molecule has 4 nitrogen and oxygen atoms in total. The maximum Gasteiger partial charge on any atom is 0.338 e. The van der Waals surface area contributed by atoms with E-state index in [2.05, 4.69) is 9.97 Å². The van der Waals surface area contributed by atoms with Gasteiger partial charge in [0.05, 0.1) is 12.2 Å². The van der Waals surface area contributed by atoms with E-state index in [9.17, 15) is 4.79 Å². The first-order chi connectivity index (χ1) is 11.3. The average Bonchev–Trinajstić information content (AvgIpc) is 2.63. The highest BCUT2D eigenvalue weighted by molar-refractivity contribution is 5.98. The molecule has 0 saturated carbocycles. The van der Waals surface area contributed by atoms with Gasteiger partial charge in [0.2, 0.25) is 0 Å². The van der Waals surface area contributed by atoms with Gasteiger partial charge in [-0.15, -0.1) is 0 Å². The second-order valence-electron chi connectivity index (χ2n) is 4.95. The second-order valence-corrected chi connectivity index (χ2v) is 4.95. The lowest BCUT2D eigenvalue weighted by atomic mass is 9.95. The molecule has 2 heterocycles. The molecule has 1 aromatic carbocycles. The first kappa shape index (κ1) is 14.9. The fourth-order valence-corrected chi connectivity index (χ4v) is 2.43. The number of carbonyl (C=O) groups is 1. The summed E-state index contributed by atoms with van der Waals surface area (Å²) in [6.07, 6.45) is 6.92. The molecule has 0 fully saturated rings. The monoisotopic (exact) mass is 304 g/mol. The van der Waals surface area contributed by atoms with Crippen LogP contribution in [0.3, 0.4) is 0 Å². The summed E-state index contributed by atoms with van der Waals surface area (Å²) in [5.74, 6) is -0.319. The zero-order valence-corrected chi connectivity index (χ0v) is 12.8. The van der Waals surface area contributed by atoms with Crippen LogP contribution in [0.5, 0.6) is 0 Å². The van der Waals surface area contributed by atoms with Crippen molar-refractivity contribution < 1.29 is 9.53 Å². The quantitative estimate of drug-likeness (QED) is 0.684. The largest absolute Gasteiger partial charge is 0.462 e. The van der Waals surface area contributed by atoms with Crippen LogP contribution in [0, 0.1) is 0 Å². The Morgan fingerprint density at radius 2 is 1.48 bits per heavy atom. The van der Waals surface area contributed by atoms with Gasteiger partial charge in [-0.2, -0.15) is 0 Å². The summed E-state index contributed by atoms with van der Waals surface area (Å²) in [6, 6.07) is 13.4. The van der Waals surface area contributed by atoms with Gasteiger partial charge in [0.25, 0.3) is 0 Å². The number of nitrogens with zero attached hydrogens (tertiary/aromatic N) is 2. The van der Waals surface area contributed by atoms with E-state index in [1.807, 2.05) is 42.5 Å². The molecule has 0 atom stereocenters. The summed E-state index contributed by atoms with van der Waals surface area (Å²) >= 11 is 0. The number of carbonyl (C=O) groups excluding carboxylic acids is 1. The molecule has 23 heavy (non-hydrogen) atoms. The van der Waals surface area contributed by atoms with Gasteiger partial charge in [0, 0.05) is 24.8 Å². The highest BCUT2D eigenvalue weighted by Gasteiger charge is 2.15. The van der Waals surface area contributed by atoms with Crippen molar-refractivity contribution in [2.75, 3.05) is 6.61 Å². The molecule has 0 N–H and O–H groups in total. The second kappa shape index (κ2) is 6.83. The molecule has 0 aliphatic rings. The lowest BCUT2D eigenvalue weighted by Crippen LogP contribution is -2.06. The van der Waals surface area contributed by atoms with Crippen molar-refractivity contribution in [1.29, 1.82) is 0 Å². The third-order valence-corrected chi connectivity index (χ3v) is 3.52. The van der Waals surface area contributed by atoms with Crippen molar-refractivity contribution in [2.24, 2.45) is 0 Å². The van der Waals surface area contributed by atoms with Crippen LogP contribution < -0.4 is 0 Å². The lowest BCUT2D eigenvalue weighted by Gasteiger charge is -2.11. The lowest BCUT2D eigenvalue weighted by molar-refractivity contribution is 0.0527. The van der Waals surface area contributed by atoms with Gasteiger partial charge >= 0.3 is 5.97 Å². The normalized spacial score (nSPS) is 10.3. The van der Waals surface area contributed by atoms with Crippen LogP contribution in [-0.2, 0) is 4.74 Å². The van der Waals surface area contributed by atoms with Gasteiger partial charge in [-0.05, 0) is 65.6 Å². The number of hydrogen-bond acceptors (Lipinski definition) is 4. The van der Waals surface area contributed by atoms with E-state index >= 15 is 0 Å². The Kier molecular flexibility index (Phi) is 4.43. The smallest absolute Gasteiger partial charge is 0.338 e. The third kappa shape index (κ3) is 3.26. The van der Waals surface area contributed by atoms with Crippen molar-refractivity contribution in [1.82, 2.24) is 9.97 Å².